The topological polar surface area (TPSA) is 75.5 Å². The van der Waals surface area contributed by atoms with Crippen LogP contribution in [-0.4, -0.2) is 42.1 Å². The maximum Gasteiger partial charge on any atom is 0.215 e. The predicted octanol–water partition coefficient (Wildman–Crippen LogP) is 2.58. The summed E-state index contributed by atoms with van der Waals surface area (Å²) in [5.74, 6) is 1.61. The first-order valence-corrected chi connectivity index (χ1v) is 7.94. The minimum Gasteiger partial charge on any atom is -0.497 e. The van der Waals surface area contributed by atoms with E-state index >= 15 is 0 Å². The van der Waals surface area contributed by atoms with Crippen molar-refractivity contribution in [2.75, 3.05) is 21.3 Å². The second kappa shape index (κ2) is 7.69. The number of ketones is 1. The number of carbonyl (C=O) groups is 1. The van der Waals surface area contributed by atoms with Gasteiger partial charge in [0.05, 0.1) is 34.1 Å². The van der Waals surface area contributed by atoms with Gasteiger partial charge in [-0.3, -0.25) is 4.79 Å². The maximum atomic E-state index is 12.6. The fraction of sp³-hybridized carbons (Fsp3) is 0.211. The van der Waals surface area contributed by atoms with Crippen LogP contribution in [0.2, 0.25) is 0 Å². The van der Waals surface area contributed by atoms with Crippen molar-refractivity contribution in [1.82, 2.24) is 15.0 Å². The molecule has 0 aliphatic carbocycles. The Morgan fingerprint density at radius 1 is 0.962 bits per heavy atom. The third-order valence-electron chi connectivity index (χ3n) is 3.92. The van der Waals surface area contributed by atoms with Gasteiger partial charge < -0.3 is 14.2 Å². The summed E-state index contributed by atoms with van der Waals surface area (Å²) < 4.78 is 17.2. The Morgan fingerprint density at radius 2 is 1.69 bits per heavy atom. The zero-order chi connectivity index (χ0) is 18.5. The minimum atomic E-state index is -0.230. The molecule has 0 fully saturated rings. The number of benzene rings is 2. The fourth-order valence-corrected chi connectivity index (χ4v) is 2.52. The molecule has 7 nitrogen and oxygen atoms in total. The number of nitrogens with zero attached hydrogens (tertiary/aromatic N) is 3. The van der Waals surface area contributed by atoms with E-state index in [1.54, 1.807) is 43.3 Å². The van der Waals surface area contributed by atoms with Crippen LogP contribution in [0.4, 0.5) is 0 Å². The van der Waals surface area contributed by atoms with Crippen LogP contribution in [-0.2, 0) is 6.54 Å². The summed E-state index contributed by atoms with van der Waals surface area (Å²) in [5.41, 5.74) is 1.76. The van der Waals surface area contributed by atoms with Crippen LogP contribution in [0.5, 0.6) is 17.2 Å². The summed E-state index contributed by atoms with van der Waals surface area (Å²) in [6.07, 6.45) is 1.63. The van der Waals surface area contributed by atoms with E-state index in [0.29, 0.717) is 23.6 Å². The van der Waals surface area contributed by atoms with Crippen LogP contribution < -0.4 is 14.2 Å². The van der Waals surface area contributed by atoms with Gasteiger partial charge in [0.2, 0.25) is 5.78 Å². The van der Waals surface area contributed by atoms with Crippen molar-refractivity contribution in [2.45, 2.75) is 6.54 Å². The molecule has 0 saturated carbocycles. The second-order valence-electron chi connectivity index (χ2n) is 5.55. The number of aromatic nitrogens is 3. The molecule has 0 amide bonds. The van der Waals surface area contributed by atoms with Crippen molar-refractivity contribution < 1.29 is 19.0 Å². The number of hydrogen-bond acceptors (Lipinski definition) is 6. The van der Waals surface area contributed by atoms with Crippen molar-refractivity contribution >= 4 is 5.78 Å². The predicted molar refractivity (Wildman–Crippen MR) is 95.1 cm³/mol. The number of hydrogen-bond donors (Lipinski definition) is 0. The molecular weight excluding hydrogens is 334 g/mol. The molecule has 0 N–H and O–H groups in total. The maximum absolute atomic E-state index is 12.6. The van der Waals surface area contributed by atoms with E-state index in [1.807, 2.05) is 24.3 Å². The summed E-state index contributed by atoms with van der Waals surface area (Å²) >= 11 is 0. The fourth-order valence-electron chi connectivity index (χ4n) is 2.52. The van der Waals surface area contributed by atoms with Crippen molar-refractivity contribution in [3.8, 4) is 17.2 Å². The monoisotopic (exact) mass is 353 g/mol. The number of rotatable bonds is 7. The normalized spacial score (nSPS) is 10.4. The number of carbonyl (C=O) groups excluding carboxylic acids is 1. The lowest BCUT2D eigenvalue weighted by Crippen LogP contribution is -2.03. The Hall–Kier alpha value is -3.35. The molecule has 134 valence electrons. The van der Waals surface area contributed by atoms with Gasteiger partial charge in [-0.25, -0.2) is 4.68 Å². The van der Waals surface area contributed by atoms with E-state index in [1.165, 1.54) is 7.11 Å². The van der Waals surface area contributed by atoms with Crippen LogP contribution in [0, 0.1) is 0 Å². The van der Waals surface area contributed by atoms with E-state index in [2.05, 4.69) is 10.3 Å². The van der Waals surface area contributed by atoms with Gasteiger partial charge in [0.25, 0.3) is 0 Å². The van der Waals surface area contributed by atoms with Crippen LogP contribution in [0.3, 0.4) is 0 Å². The Morgan fingerprint density at radius 3 is 2.35 bits per heavy atom. The molecule has 0 spiro atoms. The molecule has 0 atom stereocenters. The first-order chi connectivity index (χ1) is 12.6. The van der Waals surface area contributed by atoms with Crippen LogP contribution in [0.25, 0.3) is 0 Å². The first-order valence-electron chi connectivity index (χ1n) is 7.94. The SMILES string of the molecule is COc1ccc(Cn2cc(C(=O)c3ccc(OC)c(OC)c3)nn2)cc1. The van der Waals surface area contributed by atoms with E-state index in [4.69, 9.17) is 14.2 Å². The van der Waals surface area contributed by atoms with Crippen molar-refractivity contribution in [2.24, 2.45) is 0 Å². The standard InChI is InChI=1S/C19H19N3O4/c1-24-15-7-4-13(5-8-15)11-22-12-16(20-21-22)19(23)14-6-9-17(25-2)18(10-14)26-3/h4-10,12H,11H2,1-3H3. The van der Waals surface area contributed by atoms with Crippen LogP contribution in [0.15, 0.2) is 48.7 Å². The van der Waals surface area contributed by atoms with Crippen molar-refractivity contribution in [3.05, 3.63) is 65.5 Å². The molecule has 0 saturated heterocycles. The van der Waals surface area contributed by atoms with E-state index in [-0.39, 0.29) is 11.5 Å². The summed E-state index contributed by atoms with van der Waals surface area (Å²) in [6.45, 7) is 0.510. The molecular formula is C19H19N3O4. The highest BCUT2D eigenvalue weighted by atomic mass is 16.5. The van der Waals surface area contributed by atoms with Crippen LogP contribution in [0.1, 0.15) is 21.6 Å². The lowest BCUT2D eigenvalue weighted by atomic mass is 10.1. The molecule has 0 aliphatic rings. The Labute approximate surface area is 151 Å². The van der Waals surface area contributed by atoms with Gasteiger partial charge in [0.1, 0.15) is 5.75 Å². The van der Waals surface area contributed by atoms with Gasteiger partial charge in [-0.1, -0.05) is 17.3 Å². The van der Waals surface area contributed by atoms with Gasteiger partial charge in [-0.2, -0.15) is 0 Å². The highest BCUT2D eigenvalue weighted by Crippen LogP contribution is 2.28. The molecule has 0 bridgehead atoms. The van der Waals surface area contributed by atoms with Gasteiger partial charge in [0, 0.05) is 5.56 Å². The van der Waals surface area contributed by atoms with E-state index < -0.39 is 0 Å². The second-order valence-corrected chi connectivity index (χ2v) is 5.55. The molecule has 2 aromatic carbocycles. The molecule has 0 unspecified atom stereocenters. The van der Waals surface area contributed by atoms with Crippen LogP contribution >= 0.6 is 0 Å². The summed E-state index contributed by atoms with van der Waals surface area (Å²) in [7, 11) is 4.69. The lowest BCUT2D eigenvalue weighted by Gasteiger charge is -2.08. The molecule has 26 heavy (non-hydrogen) atoms. The average Bonchev–Trinajstić information content (AvgIpc) is 3.15. The third-order valence-corrected chi connectivity index (χ3v) is 3.92. The molecule has 0 aliphatic heterocycles. The first kappa shape index (κ1) is 17.5. The van der Waals surface area contributed by atoms with Gasteiger partial charge in [0.15, 0.2) is 17.2 Å². The zero-order valence-corrected chi connectivity index (χ0v) is 14.8. The molecule has 3 rings (SSSR count). The molecule has 1 aromatic heterocycles. The summed E-state index contributed by atoms with van der Waals surface area (Å²) in [5, 5.41) is 8.02. The molecule has 0 radical (unpaired) electrons. The number of methoxy groups -OCH3 is 3. The van der Waals surface area contributed by atoms with Gasteiger partial charge in [-0.15, -0.1) is 5.10 Å². The zero-order valence-electron chi connectivity index (χ0n) is 14.8. The lowest BCUT2D eigenvalue weighted by molar-refractivity contribution is 0.103. The van der Waals surface area contributed by atoms with E-state index in [9.17, 15) is 4.79 Å². The van der Waals surface area contributed by atoms with Gasteiger partial charge in [-0.05, 0) is 35.9 Å². The summed E-state index contributed by atoms with van der Waals surface area (Å²) in [4.78, 5) is 12.6. The molecule has 7 heteroatoms. The summed E-state index contributed by atoms with van der Waals surface area (Å²) in [6, 6.07) is 12.6. The third kappa shape index (κ3) is 3.66. The Kier molecular flexibility index (Phi) is 5.17. The van der Waals surface area contributed by atoms with Crippen molar-refractivity contribution in [3.63, 3.8) is 0 Å². The Balaban J connectivity index is 1.77. The Bertz CT molecular complexity index is 903. The van der Waals surface area contributed by atoms with Crippen molar-refractivity contribution in [1.29, 1.82) is 0 Å². The molecule has 3 aromatic rings. The number of ether oxygens (including phenoxy) is 3. The largest absolute Gasteiger partial charge is 0.497 e. The van der Waals surface area contributed by atoms with E-state index in [0.717, 1.165) is 11.3 Å². The van der Waals surface area contributed by atoms with Gasteiger partial charge >= 0.3 is 0 Å². The highest BCUT2D eigenvalue weighted by molar-refractivity contribution is 6.07. The highest BCUT2D eigenvalue weighted by Gasteiger charge is 2.16. The smallest absolute Gasteiger partial charge is 0.215 e. The minimum absolute atomic E-state index is 0.230. The average molecular weight is 353 g/mol. The quantitative estimate of drug-likeness (QED) is 0.608. The molecule has 1 heterocycles.